The van der Waals surface area contributed by atoms with Gasteiger partial charge in [0.15, 0.2) is 11.5 Å². The normalized spacial score (nSPS) is 32.4. The molecule has 1 saturated heterocycles. The summed E-state index contributed by atoms with van der Waals surface area (Å²) in [5, 5.41) is 15.6. The summed E-state index contributed by atoms with van der Waals surface area (Å²) in [6, 6.07) is 4.98. The van der Waals surface area contributed by atoms with Gasteiger partial charge in [-0.15, -0.1) is 0 Å². The molecule has 1 aromatic rings. The Balaban J connectivity index is 0.000000262. The summed E-state index contributed by atoms with van der Waals surface area (Å²) < 4.78 is 18.1. The molecule has 34 heavy (non-hydrogen) atoms. The van der Waals surface area contributed by atoms with Crippen LogP contribution in [0, 0.1) is 11.8 Å². The monoisotopic (exact) mass is 469 g/mol. The van der Waals surface area contributed by atoms with Crippen LogP contribution >= 0.6 is 0 Å². The van der Waals surface area contributed by atoms with Crippen molar-refractivity contribution in [2.24, 2.45) is 11.8 Å². The number of piperidine rings is 1. The van der Waals surface area contributed by atoms with Crippen LogP contribution in [0.2, 0.25) is 0 Å². The third-order valence-corrected chi connectivity index (χ3v) is 8.00. The Morgan fingerprint density at radius 3 is 2.53 bits per heavy atom. The van der Waals surface area contributed by atoms with Gasteiger partial charge >= 0.3 is 11.9 Å². The first-order valence-electron chi connectivity index (χ1n) is 11.8. The van der Waals surface area contributed by atoms with Gasteiger partial charge in [-0.1, -0.05) is 18.2 Å². The predicted molar refractivity (Wildman–Crippen MR) is 123 cm³/mol. The molecule has 2 fully saturated rings. The van der Waals surface area contributed by atoms with Crippen LogP contribution in [0.4, 0.5) is 0 Å². The van der Waals surface area contributed by atoms with Crippen molar-refractivity contribution in [1.82, 2.24) is 4.90 Å². The molecule has 1 saturated carbocycles. The van der Waals surface area contributed by atoms with Crippen LogP contribution in [0.3, 0.4) is 0 Å². The van der Waals surface area contributed by atoms with Crippen LogP contribution in [0.15, 0.2) is 36.4 Å². The van der Waals surface area contributed by atoms with E-state index in [1.807, 2.05) is 0 Å². The Morgan fingerprint density at radius 1 is 1.18 bits per heavy atom. The molecule has 1 aromatic carbocycles. The fraction of sp³-hybridized carbons (Fsp3) is 0.538. The highest BCUT2D eigenvalue weighted by Crippen LogP contribution is 2.63. The Hall–Kier alpha value is -2.84. The highest BCUT2D eigenvalue weighted by molar-refractivity contribution is 5.89. The quantitative estimate of drug-likeness (QED) is 0.484. The molecule has 4 unspecified atom stereocenters. The number of methoxy groups -OCH3 is 2. The average molecular weight is 470 g/mol. The minimum Gasteiger partial charge on any atom is -0.493 e. The van der Waals surface area contributed by atoms with E-state index in [-0.39, 0.29) is 17.6 Å². The number of carbonyl (C=O) groups is 2. The van der Waals surface area contributed by atoms with E-state index in [0.717, 1.165) is 30.3 Å². The minimum absolute atomic E-state index is 0.0185. The smallest absolute Gasteiger partial charge is 0.328 e. The first kappa shape index (κ1) is 22.9. The molecule has 0 radical (unpaired) electrons. The molecule has 2 heterocycles. The number of rotatable bonds is 6. The van der Waals surface area contributed by atoms with E-state index in [1.165, 1.54) is 37.1 Å². The van der Waals surface area contributed by atoms with Gasteiger partial charge in [0.1, 0.15) is 12.2 Å². The second-order valence-electron chi connectivity index (χ2n) is 9.79. The van der Waals surface area contributed by atoms with Gasteiger partial charge < -0.3 is 24.4 Å². The topological polar surface area (TPSA) is 106 Å². The van der Waals surface area contributed by atoms with Crippen molar-refractivity contribution in [2.45, 2.75) is 49.3 Å². The van der Waals surface area contributed by atoms with E-state index in [4.69, 9.17) is 24.4 Å². The van der Waals surface area contributed by atoms with Crippen molar-refractivity contribution < 1.29 is 34.0 Å². The SMILES string of the molecule is COc1ccc2c3c1O[C@H]1C(OC)C=CC4C(C2)N(CC2CC2)CCC341.O=C(O)/C=C/C(=O)O. The van der Waals surface area contributed by atoms with Gasteiger partial charge in [0.2, 0.25) is 0 Å². The number of carboxylic acid groups (broad SMARTS) is 2. The second kappa shape index (κ2) is 8.74. The largest absolute Gasteiger partial charge is 0.493 e. The van der Waals surface area contributed by atoms with Crippen LogP contribution in [0.1, 0.15) is 30.4 Å². The molecular formula is C26H31NO7. The third kappa shape index (κ3) is 3.69. The van der Waals surface area contributed by atoms with E-state index in [2.05, 4.69) is 29.2 Å². The maximum atomic E-state index is 9.55. The number of nitrogens with zero attached hydrogens (tertiary/aromatic N) is 1. The van der Waals surface area contributed by atoms with E-state index >= 15 is 0 Å². The van der Waals surface area contributed by atoms with Crippen molar-refractivity contribution in [2.75, 3.05) is 27.3 Å². The molecule has 2 bridgehead atoms. The lowest BCUT2D eigenvalue weighted by molar-refractivity contribution is -0.134. The molecule has 5 atom stereocenters. The molecule has 2 aliphatic heterocycles. The Bertz CT molecular complexity index is 1030. The molecule has 8 nitrogen and oxygen atoms in total. The first-order chi connectivity index (χ1) is 16.4. The number of benzene rings is 1. The number of ether oxygens (including phenoxy) is 3. The Labute approximate surface area is 198 Å². The number of aliphatic carboxylic acids is 2. The molecule has 0 amide bonds. The van der Waals surface area contributed by atoms with Crippen molar-refractivity contribution in [3.05, 3.63) is 47.6 Å². The van der Waals surface area contributed by atoms with Gasteiger partial charge in [-0.3, -0.25) is 4.90 Å². The number of hydrogen-bond donors (Lipinski definition) is 2. The van der Waals surface area contributed by atoms with E-state index in [1.54, 1.807) is 14.2 Å². The Morgan fingerprint density at radius 2 is 1.91 bits per heavy atom. The molecule has 0 aromatic heterocycles. The zero-order valence-corrected chi connectivity index (χ0v) is 19.5. The van der Waals surface area contributed by atoms with Crippen LogP contribution in [-0.4, -0.2) is 72.6 Å². The number of carboxylic acids is 2. The van der Waals surface area contributed by atoms with Crippen LogP contribution in [0.25, 0.3) is 0 Å². The number of hydrogen-bond acceptors (Lipinski definition) is 6. The molecular weight excluding hydrogens is 438 g/mol. The van der Waals surface area contributed by atoms with Crippen LogP contribution in [-0.2, 0) is 26.2 Å². The number of likely N-dealkylation sites (tertiary alicyclic amines) is 1. The summed E-state index contributed by atoms with van der Waals surface area (Å²) in [7, 11) is 3.55. The van der Waals surface area contributed by atoms with E-state index < -0.39 is 11.9 Å². The highest BCUT2D eigenvalue weighted by atomic mass is 16.6. The van der Waals surface area contributed by atoms with Crippen molar-refractivity contribution in [3.8, 4) is 11.5 Å². The van der Waals surface area contributed by atoms with Crippen LogP contribution in [0.5, 0.6) is 11.5 Å². The van der Waals surface area contributed by atoms with Gasteiger partial charge in [0, 0.05) is 48.7 Å². The molecule has 6 rings (SSSR count). The highest BCUT2D eigenvalue weighted by Gasteiger charge is 2.65. The van der Waals surface area contributed by atoms with Crippen molar-refractivity contribution >= 4 is 11.9 Å². The first-order valence-corrected chi connectivity index (χ1v) is 11.8. The summed E-state index contributed by atoms with van der Waals surface area (Å²) in [6.45, 7) is 2.46. The lowest BCUT2D eigenvalue weighted by atomic mass is 9.53. The standard InChI is InChI=1S/C22H27NO3.C4H4O4/c1-24-17-7-5-14-11-16-15-6-8-18(25-2)21-22(15,19(14)20(17)26-21)9-10-23(16)12-13-3-4-13;5-3(6)1-2-4(7)8/h5-8,13,15-16,18,21H,3-4,9-12H2,1-2H3;1-2H,(H,5,6)(H,7,8)/b;2-1+/t15?,16?,18?,21-,22?;/m0./s1. The molecule has 8 heteroatoms. The minimum atomic E-state index is -1.26. The molecule has 2 N–H and O–H groups in total. The molecule has 3 aliphatic carbocycles. The lowest BCUT2D eigenvalue weighted by Gasteiger charge is -2.57. The third-order valence-electron chi connectivity index (χ3n) is 8.00. The van der Waals surface area contributed by atoms with Gasteiger partial charge in [0.05, 0.1) is 7.11 Å². The van der Waals surface area contributed by atoms with Crippen LogP contribution < -0.4 is 9.47 Å². The summed E-state index contributed by atoms with van der Waals surface area (Å²) in [4.78, 5) is 21.9. The molecule has 182 valence electrons. The van der Waals surface area contributed by atoms with E-state index in [9.17, 15) is 9.59 Å². The van der Waals surface area contributed by atoms with Gasteiger partial charge in [-0.05, 0) is 49.8 Å². The second-order valence-corrected chi connectivity index (χ2v) is 9.79. The summed E-state index contributed by atoms with van der Waals surface area (Å²) in [5.41, 5.74) is 2.95. The average Bonchev–Trinajstić information content (AvgIpc) is 3.57. The zero-order valence-electron chi connectivity index (χ0n) is 19.5. The fourth-order valence-corrected chi connectivity index (χ4v) is 6.47. The van der Waals surface area contributed by atoms with Gasteiger partial charge in [-0.25, -0.2) is 9.59 Å². The van der Waals surface area contributed by atoms with Gasteiger partial charge in [-0.2, -0.15) is 0 Å². The summed E-state index contributed by atoms with van der Waals surface area (Å²) in [6.07, 6.45) is 11.0. The molecule has 5 aliphatic rings. The lowest BCUT2D eigenvalue weighted by Crippen LogP contribution is -2.65. The Kier molecular flexibility index (Phi) is 5.90. The van der Waals surface area contributed by atoms with Crippen molar-refractivity contribution in [1.29, 1.82) is 0 Å². The summed E-state index contributed by atoms with van der Waals surface area (Å²) >= 11 is 0. The van der Waals surface area contributed by atoms with Crippen molar-refractivity contribution in [3.63, 3.8) is 0 Å². The maximum absolute atomic E-state index is 9.55. The predicted octanol–water partition coefficient (Wildman–Crippen LogP) is 2.65. The molecule has 1 spiro atoms. The maximum Gasteiger partial charge on any atom is 0.328 e. The fourth-order valence-electron chi connectivity index (χ4n) is 6.47. The van der Waals surface area contributed by atoms with E-state index in [0.29, 0.717) is 24.1 Å². The zero-order chi connectivity index (χ0) is 24.0. The summed E-state index contributed by atoms with van der Waals surface area (Å²) in [5.74, 6) is 0.804. The van der Waals surface area contributed by atoms with Gasteiger partial charge in [0.25, 0.3) is 0 Å².